The molecule has 0 heterocycles. The van der Waals surface area contributed by atoms with Gasteiger partial charge in [-0.25, -0.2) is 4.79 Å². The summed E-state index contributed by atoms with van der Waals surface area (Å²) in [6.45, 7) is 0.361. The number of carboxylic acid groups (broad SMARTS) is 1. The standard InChI is InChI=1S/C14H19N3O4/c18-14(19)16-12-7-3-2-6-11(12)15-9-10-5-1-4-8-13(10)17(20)21/h1,4-5,8,11-12,15-16H,2-3,6-7,9H2,(H,18,19). The maximum atomic E-state index is 11.0. The maximum absolute atomic E-state index is 11.0. The van der Waals surface area contributed by atoms with Gasteiger partial charge in [-0.2, -0.15) is 0 Å². The molecule has 21 heavy (non-hydrogen) atoms. The van der Waals surface area contributed by atoms with E-state index in [1.54, 1.807) is 18.2 Å². The topological polar surface area (TPSA) is 104 Å². The minimum Gasteiger partial charge on any atom is -0.465 e. The Hall–Kier alpha value is -2.15. The Kier molecular flexibility index (Phi) is 5.10. The lowest BCUT2D eigenvalue weighted by molar-refractivity contribution is -0.385. The van der Waals surface area contributed by atoms with Gasteiger partial charge in [0.05, 0.1) is 4.92 Å². The van der Waals surface area contributed by atoms with Crippen LogP contribution < -0.4 is 10.6 Å². The van der Waals surface area contributed by atoms with Gasteiger partial charge in [-0.1, -0.05) is 31.0 Å². The first-order valence-corrected chi connectivity index (χ1v) is 7.03. The number of para-hydroxylation sites is 1. The molecule has 0 aliphatic heterocycles. The van der Waals surface area contributed by atoms with Crippen molar-refractivity contribution in [2.45, 2.75) is 44.3 Å². The van der Waals surface area contributed by atoms with Crippen LogP contribution in [0, 0.1) is 10.1 Å². The summed E-state index contributed by atoms with van der Waals surface area (Å²) in [6, 6.07) is 6.46. The quantitative estimate of drug-likeness (QED) is 0.570. The van der Waals surface area contributed by atoms with Crippen molar-refractivity contribution in [2.24, 2.45) is 0 Å². The van der Waals surface area contributed by atoms with E-state index in [1.165, 1.54) is 6.07 Å². The average Bonchev–Trinajstić information content (AvgIpc) is 2.46. The lowest BCUT2D eigenvalue weighted by atomic mass is 9.90. The van der Waals surface area contributed by atoms with Gasteiger partial charge in [-0.15, -0.1) is 0 Å². The second-order valence-corrected chi connectivity index (χ2v) is 5.21. The summed E-state index contributed by atoms with van der Waals surface area (Å²) in [6.07, 6.45) is 2.66. The first kappa shape index (κ1) is 15.2. The highest BCUT2D eigenvalue weighted by molar-refractivity contribution is 5.65. The van der Waals surface area contributed by atoms with Crippen LogP contribution in [0.1, 0.15) is 31.2 Å². The molecule has 1 aliphatic carbocycles. The van der Waals surface area contributed by atoms with Crippen LogP contribution in [0.25, 0.3) is 0 Å². The molecule has 7 heteroatoms. The fraction of sp³-hybridized carbons (Fsp3) is 0.500. The molecule has 1 aromatic rings. The van der Waals surface area contributed by atoms with Crippen LogP contribution in [-0.4, -0.2) is 28.2 Å². The van der Waals surface area contributed by atoms with E-state index in [-0.39, 0.29) is 17.8 Å². The van der Waals surface area contributed by atoms with E-state index in [1.807, 2.05) is 0 Å². The molecule has 3 N–H and O–H groups in total. The van der Waals surface area contributed by atoms with Crippen molar-refractivity contribution in [1.82, 2.24) is 10.6 Å². The van der Waals surface area contributed by atoms with Crippen LogP contribution in [0.5, 0.6) is 0 Å². The molecule has 1 fully saturated rings. The third-order valence-corrected chi connectivity index (χ3v) is 3.82. The molecule has 0 aromatic heterocycles. The van der Waals surface area contributed by atoms with Gasteiger partial charge < -0.3 is 15.7 Å². The van der Waals surface area contributed by atoms with Gasteiger partial charge in [0.25, 0.3) is 5.69 Å². The molecule has 114 valence electrons. The Labute approximate surface area is 122 Å². The zero-order chi connectivity index (χ0) is 15.2. The minimum atomic E-state index is -1.03. The Morgan fingerprint density at radius 1 is 1.29 bits per heavy atom. The molecule has 2 rings (SSSR count). The fourth-order valence-corrected chi connectivity index (χ4v) is 2.79. The third kappa shape index (κ3) is 4.16. The van der Waals surface area contributed by atoms with Crippen LogP contribution in [0.3, 0.4) is 0 Å². The minimum absolute atomic E-state index is 0.00894. The molecule has 2 unspecified atom stereocenters. The number of nitro groups is 1. The number of carbonyl (C=O) groups is 1. The SMILES string of the molecule is O=C(O)NC1CCCCC1NCc1ccccc1[N+](=O)[O-]. The zero-order valence-electron chi connectivity index (χ0n) is 11.6. The first-order chi connectivity index (χ1) is 10.1. The average molecular weight is 293 g/mol. The van der Waals surface area contributed by atoms with Gasteiger partial charge in [-0.3, -0.25) is 10.1 Å². The van der Waals surface area contributed by atoms with Crippen LogP contribution in [0.4, 0.5) is 10.5 Å². The molecule has 0 radical (unpaired) electrons. The third-order valence-electron chi connectivity index (χ3n) is 3.82. The highest BCUT2D eigenvalue weighted by Gasteiger charge is 2.26. The van der Waals surface area contributed by atoms with Crippen molar-refractivity contribution >= 4 is 11.8 Å². The number of hydrogen-bond acceptors (Lipinski definition) is 4. The number of nitrogens with one attached hydrogen (secondary N) is 2. The van der Waals surface area contributed by atoms with E-state index >= 15 is 0 Å². The summed E-state index contributed by atoms with van der Waals surface area (Å²) in [7, 11) is 0. The molecule has 0 saturated heterocycles. The van der Waals surface area contributed by atoms with Crippen molar-refractivity contribution in [2.75, 3.05) is 0 Å². The molecule has 1 amide bonds. The Morgan fingerprint density at radius 2 is 1.95 bits per heavy atom. The summed E-state index contributed by atoms with van der Waals surface area (Å²) >= 11 is 0. The molecule has 0 bridgehead atoms. The predicted molar refractivity (Wildman–Crippen MR) is 77.1 cm³/mol. The molecule has 7 nitrogen and oxygen atoms in total. The van der Waals surface area contributed by atoms with E-state index in [0.717, 1.165) is 25.7 Å². The molecule has 1 saturated carbocycles. The summed E-state index contributed by atoms with van der Waals surface area (Å²) in [5.74, 6) is 0. The second kappa shape index (κ2) is 7.03. The van der Waals surface area contributed by atoms with E-state index in [0.29, 0.717) is 12.1 Å². The lowest BCUT2D eigenvalue weighted by Gasteiger charge is -2.32. The van der Waals surface area contributed by atoms with Crippen molar-refractivity contribution < 1.29 is 14.8 Å². The van der Waals surface area contributed by atoms with Gasteiger partial charge >= 0.3 is 6.09 Å². The normalized spacial score (nSPS) is 21.7. The van der Waals surface area contributed by atoms with Gasteiger partial charge in [0, 0.05) is 30.3 Å². The van der Waals surface area contributed by atoms with Gasteiger partial charge in [0.2, 0.25) is 0 Å². The first-order valence-electron chi connectivity index (χ1n) is 7.03. The van der Waals surface area contributed by atoms with Gasteiger partial charge in [0.1, 0.15) is 0 Å². The molecule has 1 aliphatic rings. The van der Waals surface area contributed by atoms with E-state index < -0.39 is 11.0 Å². The number of rotatable bonds is 5. The summed E-state index contributed by atoms with van der Waals surface area (Å²) in [5.41, 5.74) is 0.700. The van der Waals surface area contributed by atoms with Crippen LogP contribution in [-0.2, 0) is 6.54 Å². The largest absolute Gasteiger partial charge is 0.465 e. The molecular formula is C14H19N3O4. The van der Waals surface area contributed by atoms with Crippen molar-refractivity contribution in [3.05, 3.63) is 39.9 Å². The van der Waals surface area contributed by atoms with Crippen molar-refractivity contribution in [3.63, 3.8) is 0 Å². The highest BCUT2D eigenvalue weighted by atomic mass is 16.6. The molecule has 2 atom stereocenters. The second-order valence-electron chi connectivity index (χ2n) is 5.21. The Bertz CT molecular complexity index is 521. The van der Waals surface area contributed by atoms with Crippen LogP contribution >= 0.6 is 0 Å². The number of nitro benzene ring substituents is 1. The van der Waals surface area contributed by atoms with Gasteiger partial charge in [0.15, 0.2) is 0 Å². The summed E-state index contributed by atoms with van der Waals surface area (Å²) < 4.78 is 0. The lowest BCUT2D eigenvalue weighted by Crippen LogP contribution is -2.51. The van der Waals surface area contributed by atoms with E-state index in [9.17, 15) is 14.9 Å². The van der Waals surface area contributed by atoms with Crippen molar-refractivity contribution in [1.29, 1.82) is 0 Å². The monoisotopic (exact) mass is 293 g/mol. The summed E-state index contributed by atoms with van der Waals surface area (Å²) in [5, 5.41) is 25.6. The molecule has 1 aromatic carbocycles. The Morgan fingerprint density at radius 3 is 2.62 bits per heavy atom. The fourth-order valence-electron chi connectivity index (χ4n) is 2.79. The maximum Gasteiger partial charge on any atom is 0.404 e. The zero-order valence-corrected chi connectivity index (χ0v) is 11.6. The summed E-state index contributed by atoms with van der Waals surface area (Å²) in [4.78, 5) is 21.4. The number of nitrogens with zero attached hydrogens (tertiary/aromatic N) is 1. The number of amides is 1. The smallest absolute Gasteiger partial charge is 0.404 e. The van der Waals surface area contributed by atoms with Gasteiger partial charge in [-0.05, 0) is 12.8 Å². The van der Waals surface area contributed by atoms with Crippen LogP contribution in [0.15, 0.2) is 24.3 Å². The number of benzene rings is 1. The van der Waals surface area contributed by atoms with Crippen LogP contribution in [0.2, 0.25) is 0 Å². The highest BCUT2D eigenvalue weighted by Crippen LogP contribution is 2.21. The predicted octanol–water partition coefficient (Wildman–Crippen LogP) is 2.26. The number of hydrogen-bond donors (Lipinski definition) is 3. The van der Waals surface area contributed by atoms with Crippen molar-refractivity contribution in [3.8, 4) is 0 Å². The molecule has 0 spiro atoms. The Balaban J connectivity index is 2.00. The molecular weight excluding hydrogens is 274 g/mol. The van der Waals surface area contributed by atoms with E-state index in [4.69, 9.17) is 5.11 Å². The van der Waals surface area contributed by atoms with E-state index in [2.05, 4.69) is 10.6 Å².